The van der Waals surface area contributed by atoms with Crippen LogP contribution in [0.2, 0.25) is 0 Å². The average Bonchev–Trinajstić information content (AvgIpc) is 3.00. The monoisotopic (exact) mass is 415 g/mol. The molecule has 4 fully saturated rings. The van der Waals surface area contributed by atoms with Crippen LogP contribution in [-0.2, 0) is 19.1 Å². The molecule has 5 rings (SSSR count). The van der Waals surface area contributed by atoms with Crippen LogP contribution in [-0.4, -0.2) is 57.5 Å². The average molecular weight is 416 g/mol. The Labute approximate surface area is 178 Å². The number of amides is 3. The lowest BCUT2D eigenvalue weighted by atomic mass is 9.70. The van der Waals surface area contributed by atoms with E-state index in [0.717, 1.165) is 38.5 Å². The minimum Gasteiger partial charge on any atom is -0.356 e. The van der Waals surface area contributed by atoms with Crippen molar-refractivity contribution in [1.29, 1.82) is 0 Å². The Bertz CT molecular complexity index is 823. The summed E-state index contributed by atoms with van der Waals surface area (Å²) >= 11 is 0. The van der Waals surface area contributed by atoms with Crippen molar-refractivity contribution in [3.8, 4) is 0 Å². The molecule has 2 bridgehead atoms. The van der Waals surface area contributed by atoms with Gasteiger partial charge in [0, 0.05) is 17.6 Å². The number of carbonyl (C=O) groups excluding carboxylic acids is 3. The standard InChI is InChI=1S/C23H33N3O4/c1-21(2,3)25-19(28)17-23-12-11-22(4,30-23)15(18(27)24-13-7-5-6-8-13)16(23)20(29)26(17)14-9-10-14/h11-17H,5-10H2,1-4H3,(H,24,27)(H,25,28)/t15-,16+,17-,22+,23-/m1/s1. The van der Waals surface area contributed by atoms with Gasteiger partial charge in [0.1, 0.15) is 11.6 Å². The molecule has 2 saturated carbocycles. The Kier molecular flexibility index (Phi) is 4.22. The molecular weight excluding hydrogens is 382 g/mol. The normalized spacial score (nSPS) is 40.2. The lowest BCUT2D eigenvalue weighted by Gasteiger charge is -2.35. The topological polar surface area (TPSA) is 87.7 Å². The SMILES string of the molecule is CC(C)(C)NC(=O)[C@H]1N(C2CC2)C(=O)[C@@H]2[C@H](C(=O)NC3CCCC3)[C@]3(C)C=C[C@@]21O3. The van der Waals surface area contributed by atoms with E-state index in [2.05, 4.69) is 10.6 Å². The smallest absolute Gasteiger partial charge is 0.246 e. The summed E-state index contributed by atoms with van der Waals surface area (Å²) < 4.78 is 6.50. The number of ether oxygens (including phenoxy) is 1. The van der Waals surface area contributed by atoms with Crippen molar-refractivity contribution in [3.05, 3.63) is 12.2 Å². The molecule has 2 aliphatic carbocycles. The number of likely N-dealkylation sites (tertiary alicyclic amines) is 1. The molecule has 2 N–H and O–H groups in total. The van der Waals surface area contributed by atoms with Crippen LogP contribution in [0.4, 0.5) is 0 Å². The summed E-state index contributed by atoms with van der Waals surface area (Å²) in [6.45, 7) is 7.67. The number of rotatable bonds is 4. The van der Waals surface area contributed by atoms with Gasteiger partial charge in [-0.2, -0.15) is 0 Å². The highest BCUT2D eigenvalue weighted by atomic mass is 16.5. The summed E-state index contributed by atoms with van der Waals surface area (Å²) in [5, 5.41) is 6.23. The number of nitrogens with zero attached hydrogens (tertiary/aromatic N) is 1. The molecule has 164 valence electrons. The van der Waals surface area contributed by atoms with Gasteiger partial charge in [-0.3, -0.25) is 14.4 Å². The molecule has 0 aromatic carbocycles. The van der Waals surface area contributed by atoms with Gasteiger partial charge in [-0.1, -0.05) is 25.0 Å². The fourth-order valence-electron chi connectivity index (χ4n) is 6.11. The molecule has 1 spiro atoms. The molecule has 0 aromatic rings. The molecule has 3 heterocycles. The van der Waals surface area contributed by atoms with Crippen LogP contribution >= 0.6 is 0 Å². The molecular formula is C23H33N3O4. The van der Waals surface area contributed by atoms with Gasteiger partial charge < -0.3 is 20.3 Å². The minimum atomic E-state index is -1.07. The summed E-state index contributed by atoms with van der Waals surface area (Å²) in [6.07, 6.45) is 9.82. The van der Waals surface area contributed by atoms with E-state index in [1.54, 1.807) is 4.90 Å². The predicted octanol–water partition coefficient (Wildman–Crippen LogP) is 1.66. The van der Waals surface area contributed by atoms with E-state index in [4.69, 9.17) is 4.74 Å². The zero-order valence-electron chi connectivity index (χ0n) is 18.4. The van der Waals surface area contributed by atoms with Gasteiger partial charge >= 0.3 is 0 Å². The fraction of sp³-hybridized carbons (Fsp3) is 0.783. The molecule has 2 saturated heterocycles. The van der Waals surface area contributed by atoms with Crippen LogP contribution < -0.4 is 10.6 Å². The highest BCUT2D eigenvalue weighted by molar-refractivity contribution is 6.00. The third kappa shape index (κ3) is 2.84. The first-order valence-electron chi connectivity index (χ1n) is 11.4. The Hall–Kier alpha value is -1.89. The Morgan fingerprint density at radius 1 is 1.10 bits per heavy atom. The maximum Gasteiger partial charge on any atom is 0.246 e. The highest BCUT2D eigenvalue weighted by Crippen LogP contribution is 2.61. The van der Waals surface area contributed by atoms with E-state index < -0.39 is 34.6 Å². The molecule has 7 heteroatoms. The van der Waals surface area contributed by atoms with Crippen molar-refractivity contribution in [2.24, 2.45) is 11.8 Å². The molecule has 5 aliphatic rings. The number of hydrogen-bond acceptors (Lipinski definition) is 4. The Morgan fingerprint density at radius 2 is 1.77 bits per heavy atom. The number of carbonyl (C=O) groups is 3. The van der Waals surface area contributed by atoms with Crippen molar-refractivity contribution in [2.75, 3.05) is 0 Å². The van der Waals surface area contributed by atoms with Crippen LogP contribution in [0.25, 0.3) is 0 Å². The second-order valence-electron chi connectivity index (χ2n) is 11.0. The number of hydrogen-bond donors (Lipinski definition) is 2. The van der Waals surface area contributed by atoms with Crippen molar-refractivity contribution >= 4 is 17.7 Å². The van der Waals surface area contributed by atoms with Crippen molar-refractivity contribution < 1.29 is 19.1 Å². The Balaban J connectivity index is 1.50. The lowest BCUT2D eigenvalue weighted by molar-refractivity contribution is -0.146. The molecule has 5 atom stereocenters. The predicted molar refractivity (Wildman–Crippen MR) is 110 cm³/mol. The van der Waals surface area contributed by atoms with E-state index in [1.165, 1.54) is 0 Å². The Morgan fingerprint density at radius 3 is 2.37 bits per heavy atom. The lowest BCUT2D eigenvalue weighted by Crippen LogP contribution is -2.58. The van der Waals surface area contributed by atoms with E-state index in [9.17, 15) is 14.4 Å². The summed E-state index contributed by atoms with van der Waals surface area (Å²) in [4.78, 5) is 42.2. The van der Waals surface area contributed by atoms with Crippen LogP contribution in [0.5, 0.6) is 0 Å². The van der Waals surface area contributed by atoms with Gasteiger partial charge in [0.05, 0.1) is 17.4 Å². The quantitative estimate of drug-likeness (QED) is 0.684. The second-order valence-corrected chi connectivity index (χ2v) is 11.0. The maximum atomic E-state index is 13.7. The summed E-state index contributed by atoms with van der Waals surface area (Å²) in [7, 11) is 0. The van der Waals surface area contributed by atoms with Gasteiger partial charge in [0.2, 0.25) is 17.7 Å². The van der Waals surface area contributed by atoms with Gasteiger partial charge in [0.15, 0.2) is 0 Å². The molecule has 3 aliphatic heterocycles. The zero-order valence-corrected chi connectivity index (χ0v) is 18.4. The van der Waals surface area contributed by atoms with Crippen molar-refractivity contribution in [1.82, 2.24) is 15.5 Å². The van der Waals surface area contributed by atoms with Crippen molar-refractivity contribution in [3.63, 3.8) is 0 Å². The van der Waals surface area contributed by atoms with E-state index in [0.29, 0.717) is 0 Å². The maximum absolute atomic E-state index is 13.7. The molecule has 30 heavy (non-hydrogen) atoms. The van der Waals surface area contributed by atoms with Crippen LogP contribution in [0, 0.1) is 11.8 Å². The minimum absolute atomic E-state index is 0.0654. The molecule has 0 radical (unpaired) electrons. The third-order valence-electron chi connectivity index (χ3n) is 7.41. The summed E-state index contributed by atoms with van der Waals surface area (Å²) in [5.41, 5.74) is -2.35. The van der Waals surface area contributed by atoms with E-state index in [-0.39, 0.29) is 29.8 Å². The van der Waals surface area contributed by atoms with Gasteiger partial charge in [-0.05, 0) is 53.4 Å². The van der Waals surface area contributed by atoms with Crippen LogP contribution in [0.15, 0.2) is 12.2 Å². The van der Waals surface area contributed by atoms with E-state index in [1.807, 2.05) is 39.8 Å². The highest BCUT2D eigenvalue weighted by Gasteiger charge is 2.77. The molecule has 3 amide bonds. The van der Waals surface area contributed by atoms with E-state index >= 15 is 0 Å². The van der Waals surface area contributed by atoms with Gasteiger partial charge in [-0.25, -0.2) is 0 Å². The zero-order chi connectivity index (χ0) is 21.5. The van der Waals surface area contributed by atoms with Crippen molar-refractivity contribution in [2.45, 2.75) is 101 Å². The number of nitrogens with one attached hydrogen (secondary N) is 2. The number of fused-ring (bicyclic) bond motifs is 1. The summed E-state index contributed by atoms with van der Waals surface area (Å²) in [5.74, 6) is -1.67. The van der Waals surface area contributed by atoms with Gasteiger partial charge in [0.25, 0.3) is 0 Å². The first kappa shape index (κ1) is 20.0. The second kappa shape index (κ2) is 6.31. The van der Waals surface area contributed by atoms with Crippen LogP contribution in [0.3, 0.4) is 0 Å². The first-order valence-corrected chi connectivity index (χ1v) is 11.4. The first-order chi connectivity index (χ1) is 14.1. The fourth-order valence-corrected chi connectivity index (χ4v) is 6.11. The van der Waals surface area contributed by atoms with Gasteiger partial charge in [-0.15, -0.1) is 0 Å². The molecule has 0 aromatic heterocycles. The molecule has 7 nitrogen and oxygen atoms in total. The largest absolute Gasteiger partial charge is 0.356 e. The van der Waals surface area contributed by atoms with Crippen LogP contribution in [0.1, 0.15) is 66.2 Å². The third-order valence-corrected chi connectivity index (χ3v) is 7.41. The summed E-state index contributed by atoms with van der Waals surface area (Å²) in [6, 6.07) is -0.490. The molecule has 0 unspecified atom stereocenters.